The zero-order valence-corrected chi connectivity index (χ0v) is 11.8. The standard InChI is InChI=1S/C12H19NO3S/c1-6-16-10(7(2)3)11-13-9(8(4)17-11)12(14)15-5/h7,10H,6H2,1-5H3. The molecule has 1 atom stereocenters. The number of ether oxygens (including phenoxy) is 2. The first kappa shape index (κ1) is 14.1. The first-order valence-electron chi connectivity index (χ1n) is 5.68. The number of nitrogens with zero attached hydrogens (tertiary/aromatic N) is 1. The van der Waals surface area contributed by atoms with E-state index in [2.05, 4.69) is 18.8 Å². The van der Waals surface area contributed by atoms with Gasteiger partial charge >= 0.3 is 5.97 Å². The van der Waals surface area contributed by atoms with Gasteiger partial charge in [-0.25, -0.2) is 9.78 Å². The van der Waals surface area contributed by atoms with Crippen molar-refractivity contribution in [2.45, 2.75) is 33.8 Å². The summed E-state index contributed by atoms with van der Waals surface area (Å²) in [6.07, 6.45) is -0.0536. The number of thiazole rings is 1. The maximum absolute atomic E-state index is 11.5. The van der Waals surface area contributed by atoms with Crippen LogP contribution in [0.1, 0.15) is 47.2 Å². The van der Waals surface area contributed by atoms with Gasteiger partial charge in [-0.2, -0.15) is 0 Å². The van der Waals surface area contributed by atoms with Crippen molar-refractivity contribution in [3.05, 3.63) is 15.6 Å². The van der Waals surface area contributed by atoms with Gasteiger partial charge in [0.15, 0.2) is 5.69 Å². The fourth-order valence-electron chi connectivity index (χ4n) is 1.55. The second-order valence-corrected chi connectivity index (χ2v) is 5.30. The molecule has 0 saturated carbocycles. The van der Waals surface area contributed by atoms with Gasteiger partial charge in [0.2, 0.25) is 0 Å². The van der Waals surface area contributed by atoms with E-state index in [0.29, 0.717) is 18.2 Å². The second-order valence-electron chi connectivity index (χ2n) is 4.07. The summed E-state index contributed by atoms with van der Waals surface area (Å²) in [4.78, 5) is 16.7. The van der Waals surface area contributed by atoms with Crippen LogP contribution in [-0.4, -0.2) is 24.7 Å². The molecule has 1 aromatic rings. The normalized spacial score (nSPS) is 12.8. The molecule has 4 nitrogen and oxygen atoms in total. The highest BCUT2D eigenvalue weighted by Crippen LogP contribution is 2.31. The van der Waals surface area contributed by atoms with E-state index in [1.807, 2.05) is 13.8 Å². The number of hydrogen-bond donors (Lipinski definition) is 0. The molecule has 5 heteroatoms. The molecule has 0 fully saturated rings. The summed E-state index contributed by atoms with van der Waals surface area (Å²) < 4.78 is 10.4. The smallest absolute Gasteiger partial charge is 0.357 e. The summed E-state index contributed by atoms with van der Waals surface area (Å²) in [6.45, 7) is 8.62. The average molecular weight is 257 g/mol. The van der Waals surface area contributed by atoms with Crippen molar-refractivity contribution in [2.75, 3.05) is 13.7 Å². The number of aromatic nitrogens is 1. The number of carbonyl (C=O) groups excluding carboxylic acids is 1. The first-order valence-corrected chi connectivity index (χ1v) is 6.50. The lowest BCUT2D eigenvalue weighted by Gasteiger charge is -2.17. The van der Waals surface area contributed by atoms with Crippen molar-refractivity contribution in [3.63, 3.8) is 0 Å². The Balaban J connectivity index is 3.01. The Morgan fingerprint density at radius 3 is 2.59 bits per heavy atom. The molecular weight excluding hydrogens is 238 g/mol. The van der Waals surface area contributed by atoms with E-state index in [9.17, 15) is 4.79 Å². The zero-order chi connectivity index (χ0) is 13.0. The lowest BCUT2D eigenvalue weighted by atomic mass is 10.1. The lowest BCUT2D eigenvalue weighted by molar-refractivity contribution is 0.0290. The third-order valence-corrected chi connectivity index (χ3v) is 3.42. The summed E-state index contributed by atoms with van der Waals surface area (Å²) in [7, 11) is 1.36. The van der Waals surface area contributed by atoms with Gasteiger partial charge < -0.3 is 9.47 Å². The Kier molecular flexibility index (Phi) is 5.08. The van der Waals surface area contributed by atoms with E-state index in [1.54, 1.807) is 0 Å². The molecule has 17 heavy (non-hydrogen) atoms. The molecule has 1 aromatic heterocycles. The van der Waals surface area contributed by atoms with Crippen molar-refractivity contribution in [2.24, 2.45) is 5.92 Å². The zero-order valence-electron chi connectivity index (χ0n) is 10.9. The van der Waals surface area contributed by atoms with Gasteiger partial charge in [-0.3, -0.25) is 0 Å². The summed E-state index contributed by atoms with van der Waals surface area (Å²) in [5, 5.41) is 0.847. The van der Waals surface area contributed by atoms with Crippen LogP contribution in [0.25, 0.3) is 0 Å². The van der Waals surface area contributed by atoms with E-state index >= 15 is 0 Å². The molecule has 0 aliphatic carbocycles. The Morgan fingerprint density at radius 1 is 1.47 bits per heavy atom. The first-order chi connectivity index (χ1) is 8.01. The third kappa shape index (κ3) is 3.26. The van der Waals surface area contributed by atoms with Gasteiger partial charge in [0, 0.05) is 11.5 Å². The van der Waals surface area contributed by atoms with Crippen LogP contribution in [0.2, 0.25) is 0 Å². The highest BCUT2D eigenvalue weighted by molar-refractivity contribution is 7.11. The molecule has 0 N–H and O–H groups in total. The fraction of sp³-hybridized carbons (Fsp3) is 0.667. The molecular formula is C12H19NO3S. The molecule has 0 saturated heterocycles. The number of esters is 1. The van der Waals surface area contributed by atoms with Crippen LogP contribution in [0.4, 0.5) is 0 Å². The lowest BCUT2D eigenvalue weighted by Crippen LogP contribution is -2.11. The van der Waals surface area contributed by atoms with Gasteiger partial charge in [0.25, 0.3) is 0 Å². The largest absolute Gasteiger partial charge is 0.464 e. The van der Waals surface area contributed by atoms with Gasteiger partial charge in [0.05, 0.1) is 7.11 Å². The summed E-state index contributed by atoms with van der Waals surface area (Å²) in [5.74, 6) is -0.0602. The quantitative estimate of drug-likeness (QED) is 0.761. The van der Waals surface area contributed by atoms with Gasteiger partial charge in [-0.05, 0) is 19.8 Å². The number of aryl methyl sites for hydroxylation is 1. The molecule has 0 aliphatic rings. The SMILES string of the molecule is CCOC(c1nc(C(=O)OC)c(C)s1)C(C)C. The predicted octanol–water partition coefficient (Wildman–Crippen LogP) is 2.97. The van der Waals surface area contributed by atoms with Gasteiger partial charge in [-0.15, -0.1) is 11.3 Å². The Labute approximate surface area is 106 Å². The molecule has 1 heterocycles. The molecule has 0 spiro atoms. The van der Waals surface area contributed by atoms with Crippen LogP contribution in [0.5, 0.6) is 0 Å². The van der Waals surface area contributed by atoms with Crippen LogP contribution in [0.15, 0.2) is 0 Å². The Morgan fingerprint density at radius 2 is 2.12 bits per heavy atom. The summed E-state index contributed by atoms with van der Waals surface area (Å²) in [5.41, 5.74) is 0.401. The molecule has 1 unspecified atom stereocenters. The van der Waals surface area contributed by atoms with E-state index in [0.717, 1.165) is 9.88 Å². The maximum atomic E-state index is 11.5. The van der Waals surface area contributed by atoms with Crippen molar-refractivity contribution < 1.29 is 14.3 Å². The Bertz CT molecular complexity index is 387. The topological polar surface area (TPSA) is 48.4 Å². The number of methoxy groups -OCH3 is 1. The van der Waals surface area contributed by atoms with Crippen LogP contribution in [0, 0.1) is 12.8 Å². The van der Waals surface area contributed by atoms with Crippen LogP contribution < -0.4 is 0 Å². The van der Waals surface area contributed by atoms with Crippen molar-refractivity contribution in [1.29, 1.82) is 0 Å². The molecule has 0 aliphatic heterocycles. The van der Waals surface area contributed by atoms with E-state index < -0.39 is 0 Å². The number of carbonyl (C=O) groups is 1. The van der Waals surface area contributed by atoms with E-state index in [-0.39, 0.29) is 12.1 Å². The second kappa shape index (κ2) is 6.12. The molecule has 0 aromatic carbocycles. The molecule has 0 amide bonds. The highest BCUT2D eigenvalue weighted by atomic mass is 32.1. The summed E-state index contributed by atoms with van der Waals surface area (Å²) in [6, 6.07) is 0. The molecule has 1 rings (SSSR count). The van der Waals surface area contributed by atoms with E-state index in [1.165, 1.54) is 18.4 Å². The molecule has 0 radical (unpaired) electrons. The fourth-order valence-corrected chi connectivity index (χ4v) is 2.69. The van der Waals surface area contributed by atoms with E-state index in [4.69, 9.17) is 9.47 Å². The monoisotopic (exact) mass is 257 g/mol. The van der Waals surface area contributed by atoms with Crippen molar-refractivity contribution in [3.8, 4) is 0 Å². The van der Waals surface area contributed by atoms with Gasteiger partial charge in [0.1, 0.15) is 11.1 Å². The summed E-state index contributed by atoms with van der Waals surface area (Å²) >= 11 is 1.50. The molecule has 96 valence electrons. The third-order valence-electron chi connectivity index (χ3n) is 2.39. The molecule has 0 bridgehead atoms. The van der Waals surface area contributed by atoms with Crippen LogP contribution in [-0.2, 0) is 9.47 Å². The minimum atomic E-state index is -0.385. The Hall–Kier alpha value is -0.940. The number of rotatable bonds is 5. The minimum Gasteiger partial charge on any atom is -0.464 e. The minimum absolute atomic E-state index is 0.0536. The highest BCUT2D eigenvalue weighted by Gasteiger charge is 2.23. The average Bonchev–Trinajstić information content (AvgIpc) is 2.66. The number of hydrogen-bond acceptors (Lipinski definition) is 5. The van der Waals surface area contributed by atoms with Crippen molar-refractivity contribution >= 4 is 17.3 Å². The van der Waals surface area contributed by atoms with Gasteiger partial charge in [-0.1, -0.05) is 13.8 Å². The maximum Gasteiger partial charge on any atom is 0.357 e. The van der Waals surface area contributed by atoms with Crippen LogP contribution in [0.3, 0.4) is 0 Å². The van der Waals surface area contributed by atoms with Crippen LogP contribution >= 0.6 is 11.3 Å². The predicted molar refractivity (Wildman–Crippen MR) is 67.4 cm³/mol. The van der Waals surface area contributed by atoms with Crippen molar-refractivity contribution in [1.82, 2.24) is 4.98 Å².